The van der Waals surface area contributed by atoms with Crippen LogP contribution < -0.4 is 0 Å². The molecule has 1 saturated heterocycles. The first-order chi connectivity index (χ1) is 8.71. The first-order valence-corrected chi connectivity index (χ1v) is 7.73. The first kappa shape index (κ1) is 16.5. The fourth-order valence-corrected chi connectivity index (χ4v) is 2.72. The molecular weight excluding hydrogens is 238 g/mol. The molecule has 0 N–H and O–H groups in total. The van der Waals surface area contributed by atoms with Gasteiger partial charge in [-0.3, -0.25) is 0 Å². The summed E-state index contributed by atoms with van der Waals surface area (Å²) < 4.78 is 0. The molecule has 112 valence electrons. The third kappa shape index (κ3) is 3.95. The Labute approximate surface area is 118 Å². The standard InChI is InChI=1S/C16H31NO2/c1-7-8-9-10-11-12-13-16(5,6)14(18)19-17(13)15(2,3)4/h13H,7-12H2,1-6H3. The van der Waals surface area contributed by atoms with Gasteiger partial charge in [-0.15, -0.1) is 5.06 Å². The Morgan fingerprint density at radius 2 is 1.74 bits per heavy atom. The normalized spacial score (nSPS) is 23.7. The topological polar surface area (TPSA) is 29.5 Å². The molecule has 1 fully saturated rings. The fraction of sp³-hybridized carbons (Fsp3) is 0.938. The van der Waals surface area contributed by atoms with E-state index in [1.54, 1.807) is 0 Å². The largest absolute Gasteiger partial charge is 0.366 e. The third-order valence-corrected chi connectivity index (χ3v) is 4.07. The third-order valence-electron chi connectivity index (χ3n) is 4.07. The average molecular weight is 269 g/mol. The van der Waals surface area contributed by atoms with Gasteiger partial charge >= 0.3 is 5.97 Å². The van der Waals surface area contributed by atoms with E-state index in [1.165, 1.54) is 32.1 Å². The summed E-state index contributed by atoms with van der Waals surface area (Å²) in [4.78, 5) is 17.6. The maximum atomic E-state index is 12.0. The van der Waals surface area contributed by atoms with Crippen LogP contribution in [0.1, 0.15) is 80.1 Å². The summed E-state index contributed by atoms with van der Waals surface area (Å²) in [5, 5.41) is 1.93. The van der Waals surface area contributed by atoms with E-state index in [0.717, 1.165) is 6.42 Å². The molecule has 0 radical (unpaired) electrons. The second kappa shape index (κ2) is 6.25. The molecular formula is C16H31NO2. The van der Waals surface area contributed by atoms with Gasteiger partial charge in [0.25, 0.3) is 0 Å². The number of nitrogens with zero attached hydrogens (tertiary/aromatic N) is 1. The molecule has 0 saturated carbocycles. The Morgan fingerprint density at radius 1 is 1.16 bits per heavy atom. The van der Waals surface area contributed by atoms with E-state index in [4.69, 9.17) is 4.84 Å². The second-order valence-electron chi connectivity index (χ2n) is 7.32. The number of hydrogen-bond donors (Lipinski definition) is 0. The molecule has 0 aromatic carbocycles. The van der Waals surface area contributed by atoms with Crippen LogP contribution in [0.15, 0.2) is 0 Å². The van der Waals surface area contributed by atoms with Crippen molar-refractivity contribution in [1.29, 1.82) is 0 Å². The molecule has 0 bridgehead atoms. The smallest absolute Gasteiger partial charge is 0.332 e. The van der Waals surface area contributed by atoms with E-state index < -0.39 is 5.41 Å². The van der Waals surface area contributed by atoms with Crippen LogP contribution in [0.3, 0.4) is 0 Å². The highest BCUT2D eigenvalue weighted by Crippen LogP contribution is 2.40. The van der Waals surface area contributed by atoms with Crippen molar-refractivity contribution in [3.05, 3.63) is 0 Å². The van der Waals surface area contributed by atoms with Crippen LogP contribution in [0, 0.1) is 5.41 Å². The molecule has 1 aliphatic rings. The molecule has 1 heterocycles. The van der Waals surface area contributed by atoms with Gasteiger partial charge in [0.2, 0.25) is 0 Å². The molecule has 1 atom stereocenters. The lowest BCUT2D eigenvalue weighted by molar-refractivity contribution is -0.200. The Balaban J connectivity index is 2.61. The van der Waals surface area contributed by atoms with Crippen molar-refractivity contribution in [3.63, 3.8) is 0 Å². The van der Waals surface area contributed by atoms with Crippen molar-refractivity contribution in [2.75, 3.05) is 0 Å². The Hall–Kier alpha value is -0.570. The van der Waals surface area contributed by atoms with Crippen LogP contribution in [0.25, 0.3) is 0 Å². The molecule has 1 rings (SSSR count). The van der Waals surface area contributed by atoms with Gasteiger partial charge in [0.05, 0.1) is 11.5 Å². The van der Waals surface area contributed by atoms with Crippen LogP contribution in [0.5, 0.6) is 0 Å². The van der Waals surface area contributed by atoms with Crippen molar-refractivity contribution in [2.45, 2.75) is 91.6 Å². The van der Waals surface area contributed by atoms with E-state index in [-0.39, 0.29) is 17.6 Å². The predicted octanol–water partition coefficient (Wildman–Crippen LogP) is 4.31. The highest BCUT2D eigenvalue weighted by molar-refractivity contribution is 5.78. The van der Waals surface area contributed by atoms with Crippen molar-refractivity contribution in [2.24, 2.45) is 5.41 Å². The summed E-state index contributed by atoms with van der Waals surface area (Å²) in [6, 6.07) is 0.196. The monoisotopic (exact) mass is 269 g/mol. The zero-order chi connectivity index (χ0) is 14.7. The SMILES string of the molecule is CCCCCCCC1N(C(C)(C)C)OC(=O)C1(C)C. The number of hydrogen-bond acceptors (Lipinski definition) is 3. The van der Waals surface area contributed by atoms with Gasteiger partial charge in [0.15, 0.2) is 0 Å². The Morgan fingerprint density at radius 3 is 2.26 bits per heavy atom. The van der Waals surface area contributed by atoms with Gasteiger partial charge in [-0.2, -0.15) is 0 Å². The van der Waals surface area contributed by atoms with Crippen molar-refractivity contribution >= 4 is 5.97 Å². The van der Waals surface area contributed by atoms with E-state index in [9.17, 15) is 4.79 Å². The summed E-state index contributed by atoms with van der Waals surface area (Å²) in [7, 11) is 0. The summed E-state index contributed by atoms with van der Waals surface area (Å²) in [5.41, 5.74) is -0.518. The fourth-order valence-electron chi connectivity index (χ4n) is 2.72. The van der Waals surface area contributed by atoms with Crippen molar-refractivity contribution in [1.82, 2.24) is 5.06 Å². The maximum absolute atomic E-state index is 12.0. The van der Waals surface area contributed by atoms with Crippen LogP contribution in [-0.4, -0.2) is 22.6 Å². The molecule has 1 unspecified atom stereocenters. The van der Waals surface area contributed by atoms with E-state index in [2.05, 4.69) is 27.7 Å². The number of carbonyl (C=O) groups is 1. The zero-order valence-electron chi connectivity index (χ0n) is 13.6. The molecule has 1 aliphatic heterocycles. The second-order valence-corrected chi connectivity index (χ2v) is 7.32. The van der Waals surface area contributed by atoms with Gasteiger partial charge in [0.1, 0.15) is 0 Å². The first-order valence-electron chi connectivity index (χ1n) is 7.73. The number of hydroxylamine groups is 2. The average Bonchev–Trinajstić information content (AvgIpc) is 2.51. The highest BCUT2D eigenvalue weighted by Gasteiger charge is 2.52. The van der Waals surface area contributed by atoms with Crippen LogP contribution in [-0.2, 0) is 9.63 Å². The lowest BCUT2D eigenvalue weighted by Gasteiger charge is -2.36. The van der Waals surface area contributed by atoms with E-state index in [0.29, 0.717) is 0 Å². The maximum Gasteiger partial charge on any atom is 0.332 e. The molecule has 19 heavy (non-hydrogen) atoms. The quantitative estimate of drug-likeness (QED) is 0.673. The number of rotatable bonds is 6. The van der Waals surface area contributed by atoms with E-state index in [1.807, 2.05) is 18.9 Å². The van der Waals surface area contributed by atoms with Gasteiger partial charge in [-0.25, -0.2) is 4.79 Å². The predicted molar refractivity (Wildman–Crippen MR) is 78.6 cm³/mol. The number of unbranched alkanes of at least 4 members (excludes halogenated alkanes) is 4. The molecule has 0 aromatic rings. The number of carbonyl (C=O) groups excluding carboxylic acids is 1. The molecule has 3 nitrogen and oxygen atoms in total. The summed E-state index contributed by atoms with van der Waals surface area (Å²) >= 11 is 0. The summed E-state index contributed by atoms with van der Waals surface area (Å²) in [6.45, 7) is 12.6. The van der Waals surface area contributed by atoms with E-state index >= 15 is 0 Å². The minimum atomic E-state index is -0.391. The Kier molecular flexibility index (Phi) is 5.43. The van der Waals surface area contributed by atoms with Crippen molar-refractivity contribution < 1.29 is 9.63 Å². The summed E-state index contributed by atoms with van der Waals surface area (Å²) in [6.07, 6.45) is 7.36. The zero-order valence-corrected chi connectivity index (χ0v) is 13.6. The summed E-state index contributed by atoms with van der Waals surface area (Å²) in [5.74, 6) is -0.0824. The van der Waals surface area contributed by atoms with Gasteiger partial charge in [0, 0.05) is 5.54 Å². The Bertz CT molecular complexity index is 304. The molecule has 0 aromatic heterocycles. The highest BCUT2D eigenvalue weighted by atomic mass is 16.7. The molecule has 3 heteroatoms. The molecule has 0 spiro atoms. The van der Waals surface area contributed by atoms with Gasteiger partial charge in [-0.05, 0) is 41.0 Å². The minimum Gasteiger partial charge on any atom is -0.366 e. The van der Waals surface area contributed by atoms with Crippen LogP contribution in [0.4, 0.5) is 0 Å². The lowest BCUT2D eigenvalue weighted by atomic mass is 9.81. The molecule has 0 amide bonds. The van der Waals surface area contributed by atoms with Gasteiger partial charge < -0.3 is 4.84 Å². The molecule has 0 aliphatic carbocycles. The lowest BCUT2D eigenvalue weighted by Crippen LogP contribution is -2.47. The van der Waals surface area contributed by atoms with Crippen molar-refractivity contribution in [3.8, 4) is 0 Å². The van der Waals surface area contributed by atoms with Crippen LogP contribution >= 0.6 is 0 Å². The van der Waals surface area contributed by atoms with Gasteiger partial charge in [-0.1, -0.05) is 39.0 Å². The van der Waals surface area contributed by atoms with Crippen LogP contribution in [0.2, 0.25) is 0 Å². The minimum absolute atomic E-state index is 0.0824.